The van der Waals surface area contributed by atoms with Gasteiger partial charge in [0.1, 0.15) is 24.0 Å². The number of cyclic esters (lactones) is 1. The van der Waals surface area contributed by atoms with Crippen molar-refractivity contribution < 1.29 is 63.3 Å². The molecule has 4 N–H and O–H groups in total. The van der Waals surface area contributed by atoms with Gasteiger partial charge in [0.05, 0.1) is 36.6 Å². The monoisotopic (exact) mass is 807 g/mol. The predicted octanol–water partition coefficient (Wildman–Crippen LogP) is 3.44. The number of rotatable bonds is 6. The fourth-order valence-corrected chi connectivity index (χ4v) is 9.31. The molecule has 14 nitrogen and oxygen atoms in total. The van der Waals surface area contributed by atoms with E-state index in [1.807, 2.05) is 19.9 Å². The van der Waals surface area contributed by atoms with E-state index < -0.39 is 95.9 Å². The number of hydrogen-bond donors (Lipinski definition) is 4. The average Bonchev–Trinajstić information content (AvgIpc) is 3.20. The zero-order valence-electron chi connectivity index (χ0n) is 35.4. The molecule has 14 heteroatoms. The molecule has 2 bridgehead atoms. The van der Waals surface area contributed by atoms with Crippen LogP contribution in [-0.4, -0.2) is 137 Å². The van der Waals surface area contributed by atoms with Crippen molar-refractivity contribution >= 4 is 23.4 Å². The number of carbonyl (C=O) groups excluding carboxylic acids is 4. The number of fused-ring (bicyclic) bond motifs is 3. The summed E-state index contributed by atoms with van der Waals surface area (Å²) in [5, 5.41) is 45.6. The van der Waals surface area contributed by atoms with Crippen molar-refractivity contribution in [3.8, 4) is 0 Å². The summed E-state index contributed by atoms with van der Waals surface area (Å²) in [6, 6.07) is -1.16. The van der Waals surface area contributed by atoms with Crippen LogP contribution in [0.3, 0.4) is 0 Å². The van der Waals surface area contributed by atoms with Crippen LogP contribution in [0.1, 0.15) is 106 Å². The highest BCUT2D eigenvalue weighted by Gasteiger charge is 2.56. The summed E-state index contributed by atoms with van der Waals surface area (Å²) in [4.78, 5) is 57.7. The first-order valence-corrected chi connectivity index (χ1v) is 20.9. The van der Waals surface area contributed by atoms with Gasteiger partial charge in [0.25, 0.3) is 11.7 Å². The van der Waals surface area contributed by atoms with Crippen LogP contribution >= 0.6 is 0 Å². The molecule has 3 heterocycles. The number of ketones is 2. The minimum Gasteiger partial charge on any atom is -0.456 e. The standard InChI is InChI=1S/C43H69NO13/c1-10-29-18-23(2)37(48)24(3)19-35(54-8)39-36(55-9)20-26(5)43(52,57-39)40(49)41(50)44-16-12-11-13-30(44)42(51)56-38(27(6)32(46)22-33(29)47)25(4)17-28-14-15-31(45)34(21-28)53-7/h17-18,24,26-32,34-39,45-46,48,52H,10-16,19-22H2,1-9H3/b23-18+,25-17+/t24?,26-,27?,28?,29?,30?,31?,32?,34-,35?,36+,37-,38?,39-,43-/m1/s1. The zero-order chi connectivity index (χ0) is 42.4. The first-order chi connectivity index (χ1) is 26.9. The van der Waals surface area contributed by atoms with E-state index in [2.05, 4.69) is 0 Å². The molecule has 9 unspecified atom stereocenters. The van der Waals surface area contributed by atoms with Crippen LogP contribution in [-0.2, 0) is 42.9 Å². The van der Waals surface area contributed by atoms with Crippen LogP contribution in [0.15, 0.2) is 23.3 Å². The molecule has 4 rings (SSSR count). The lowest BCUT2D eigenvalue weighted by molar-refractivity contribution is -0.302. The van der Waals surface area contributed by atoms with Gasteiger partial charge in [-0.2, -0.15) is 0 Å². The maximum atomic E-state index is 14.3. The van der Waals surface area contributed by atoms with Crippen LogP contribution in [0, 0.1) is 29.6 Å². The quantitative estimate of drug-likeness (QED) is 0.173. The molecule has 3 fully saturated rings. The average molecular weight is 808 g/mol. The molecular formula is C43H69NO13. The second-order valence-electron chi connectivity index (χ2n) is 17.2. The van der Waals surface area contributed by atoms with Gasteiger partial charge in [0, 0.05) is 52.0 Å². The molecule has 15 atom stereocenters. The third-order valence-electron chi connectivity index (χ3n) is 13.2. The normalized spacial score (nSPS) is 42.4. The van der Waals surface area contributed by atoms with Gasteiger partial charge < -0.3 is 49.0 Å². The number of methoxy groups -OCH3 is 3. The van der Waals surface area contributed by atoms with E-state index >= 15 is 0 Å². The van der Waals surface area contributed by atoms with Gasteiger partial charge in [0.15, 0.2) is 0 Å². The van der Waals surface area contributed by atoms with E-state index in [0.29, 0.717) is 49.7 Å². The third kappa shape index (κ3) is 10.8. The van der Waals surface area contributed by atoms with Crippen molar-refractivity contribution in [3.63, 3.8) is 0 Å². The summed E-state index contributed by atoms with van der Waals surface area (Å²) < 4.78 is 29.6. The fourth-order valence-electron chi connectivity index (χ4n) is 9.31. The van der Waals surface area contributed by atoms with E-state index in [1.54, 1.807) is 40.9 Å². The summed E-state index contributed by atoms with van der Waals surface area (Å²) in [7, 11) is 4.49. The molecule has 0 spiro atoms. The van der Waals surface area contributed by atoms with Crippen LogP contribution in [0.25, 0.3) is 0 Å². The lowest BCUT2D eigenvalue weighted by Crippen LogP contribution is -2.64. The first kappa shape index (κ1) is 47.1. The number of aliphatic hydroxyl groups excluding tert-OH is 3. The molecule has 1 amide bonds. The van der Waals surface area contributed by atoms with Gasteiger partial charge in [-0.25, -0.2) is 4.79 Å². The van der Waals surface area contributed by atoms with Gasteiger partial charge in [0.2, 0.25) is 5.79 Å². The molecule has 3 aliphatic heterocycles. The van der Waals surface area contributed by atoms with E-state index in [4.69, 9.17) is 23.7 Å². The van der Waals surface area contributed by atoms with Crippen molar-refractivity contribution in [1.29, 1.82) is 0 Å². The largest absolute Gasteiger partial charge is 0.456 e. The Morgan fingerprint density at radius 2 is 1.56 bits per heavy atom. The van der Waals surface area contributed by atoms with Gasteiger partial charge in [-0.1, -0.05) is 39.8 Å². The second-order valence-corrected chi connectivity index (χ2v) is 17.2. The summed E-state index contributed by atoms with van der Waals surface area (Å²) in [6.45, 7) is 10.6. The summed E-state index contributed by atoms with van der Waals surface area (Å²) in [5.74, 6) is -8.59. The molecule has 4 aliphatic rings. The molecule has 0 radical (unpaired) electrons. The highest BCUT2D eigenvalue weighted by Crippen LogP contribution is 2.39. The Kier molecular flexibility index (Phi) is 17.0. The van der Waals surface area contributed by atoms with Gasteiger partial charge in [-0.05, 0) is 94.6 Å². The zero-order valence-corrected chi connectivity index (χ0v) is 35.4. The third-order valence-corrected chi connectivity index (χ3v) is 13.2. The smallest absolute Gasteiger partial charge is 0.329 e. The van der Waals surface area contributed by atoms with Gasteiger partial charge >= 0.3 is 5.97 Å². The van der Waals surface area contributed by atoms with Crippen LogP contribution < -0.4 is 0 Å². The van der Waals surface area contributed by atoms with E-state index in [1.165, 1.54) is 14.2 Å². The number of aliphatic hydroxyl groups is 4. The topological polar surface area (TPSA) is 199 Å². The number of amides is 1. The van der Waals surface area contributed by atoms with E-state index in [-0.39, 0.29) is 50.0 Å². The fraction of sp³-hybridized carbons (Fsp3) is 0.814. The predicted molar refractivity (Wildman–Crippen MR) is 209 cm³/mol. The van der Waals surface area contributed by atoms with Crippen molar-refractivity contribution in [3.05, 3.63) is 23.3 Å². The first-order valence-electron chi connectivity index (χ1n) is 20.9. The number of Topliss-reactive ketones (excluding diaryl/α,β-unsaturated/α-hetero) is 2. The molecule has 2 saturated heterocycles. The maximum Gasteiger partial charge on any atom is 0.329 e. The number of ether oxygens (including phenoxy) is 5. The Bertz CT molecular complexity index is 1470. The Balaban J connectivity index is 1.79. The lowest BCUT2D eigenvalue weighted by Gasteiger charge is -2.47. The van der Waals surface area contributed by atoms with Gasteiger partial charge in [-0.3, -0.25) is 14.4 Å². The molecular weight excluding hydrogens is 738 g/mol. The highest BCUT2D eigenvalue weighted by atomic mass is 16.7. The molecule has 1 saturated carbocycles. The van der Waals surface area contributed by atoms with Gasteiger partial charge in [-0.15, -0.1) is 0 Å². The van der Waals surface area contributed by atoms with Crippen LogP contribution in [0.5, 0.6) is 0 Å². The number of carbonyl (C=O) groups is 4. The summed E-state index contributed by atoms with van der Waals surface area (Å²) in [5.41, 5.74) is 1.19. The molecule has 1 aliphatic carbocycles. The number of hydrogen-bond acceptors (Lipinski definition) is 13. The minimum absolute atomic E-state index is 0.0255. The van der Waals surface area contributed by atoms with Crippen LogP contribution in [0.2, 0.25) is 0 Å². The molecule has 0 aromatic heterocycles. The van der Waals surface area contributed by atoms with E-state index in [9.17, 15) is 39.6 Å². The Hall–Kier alpha value is -2.56. The van der Waals surface area contributed by atoms with E-state index in [0.717, 1.165) is 4.90 Å². The maximum absolute atomic E-state index is 14.3. The Morgan fingerprint density at radius 3 is 2.19 bits per heavy atom. The van der Waals surface area contributed by atoms with Crippen molar-refractivity contribution in [2.45, 2.75) is 166 Å². The number of piperidine rings is 1. The van der Waals surface area contributed by atoms with Crippen LogP contribution in [0.4, 0.5) is 0 Å². The summed E-state index contributed by atoms with van der Waals surface area (Å²) >= 11 is 0. The molecule has 0 aromatic rings. The number of esters is 1. The summed E-state index contributed by atoms with van der Waals surface area (Å²) in [6.07, 6.45) is 0.618. The lowest BCUT2D eigenvalue weighted by atomic mass is 9.81. The SMILES string of the molecule is CCC1/C=C(\C)[C@@H](O)C(C)CC(OC)[C@H]2O[C@@](O)(C(=O)C(=O)N3CCCCC3C(=O)OC(/C(C)=C/C3CCC(O)[C@H](OC)C3)C(C)C(O)CC1=O)[C@H](C)C[C@@H]2OC. The Morgan fingerprint density at radius 1 is 0.912 bits per heavy atom. The number of allylic oxidation sites excluding steroid dienone is 2. The Labute approximate surface area is 338 Å². The van der Waals surface area contributed by atoms with Crippen molar-refractivity contribution in [2.24, 2.45) is 29.6 Å². The van der Waals surface area contributed by atoms with Crippen molar-refractivity contribution in [2.75, 3.05) is 27.9 Å². The minimum atomic E-state index is -2.57. The van der Waals surface area contributed by atoms with Crippen molar-refractivity contribution in [1.82, 2.24) is 4.90 Å². The highest BCUT2D eigenvalue weighted by molar-refractivity contribution is 6.39. The number of nitrogens with zero attached hydrogens (tertiary/aromatic N) is 1. The molecule has 57 heavy (non-hydrogen) atoms. The molecule has 0 aromatic carbocycles. The molecule has 324 valence electrons. The second kappa shape index (κ2) is 20.6.